The number of likely N-dealkylation sites (N-methyl/N-ethyl adjacent to an activating group) is 1. The predicted molar refractivity (Wildman–Crippen MR) is 185 cm³/mol. The quantitative estimate of drug-likeness (QED) is 0.156. The largest absolute Gasteiger partial charge is 0.497 e. The Bertz CT molecular complexity index is 1870. The monoisotopic (exact) mass is 662 g/mol. The third-order valence-electron chi connectivity index (χ3n) is 7.47. The number of imidazole rings is 1. The van der Waals surface area contributed by atoms with Crippen LogP contribution < -0.4 is 4.74 Å². The van der Waals surface area contributed by atoms with E-state index in [1.54, 1.807) is 53.1 Å². The standard InChI is InChI=1S/C19H26N2O2S.C14H12N4OS2/c1-6-16-12-24-18(20-16)14-7-9-15(10-8-14)19(22)21(4)17(11-23-5)13(2)3;1-7-4-9(19-3)5-10-12(7)21-13(15-10)11-6-18-14(16-11)20-8(2)17-18/h7-10,12-13,17H,6,11H2,1-5H3;4-6H,1-3H3/t17-;/m0./s1. The number of hydrogen-bond donors (Lipinski definition) is 0. The summed E-state index contributed by atoms with van der Waals surface area (Å²) >= 11 is 4.87. The van der Waals surface area contributed by atoms with E-state index in [9.17, 15) is 4.79 Å². The second-order valence-corrected chi connectivity index (χ2v) is 14.1. The summed E-state index contributed by atoms with van der Waals surface area (Å²) in [4.78, 5) is 29.3. The van der Waals surface area contributed by atoms with Gasteiger partial charge in [-0.15, -0.1) is 22.7 Å². The number of rotatable bonds is 9. The Morgan fingerprint density at radius 1 is 1.02 bits per heavy atom. The van der Waals surface area contributed by atoms with E-state index >= 15 is 0 Å². The van der Waals surface area contributed by atoms with Crippen LogP contribution >= 0.6 is 34.0 Å². The minimum absolute atomic E-state index is 0.0192. The van der Waals surface area contributed by atoms with E-state index in [-0.39, 0.29) is 11.9 Å². The molecule has 45 heavy (non-hydrogen) atoms. The van der Waals surface area contributed by atoms with Crippen LogP contribution in [0, 0.1) is 19.8 Å². The van der Waals surface area contributed by atoms with Crippen molar-refractivity contribution >= 4 is 55.1 Å². The smallest absolute Gasteiger partial charge is 0.253 e. The van der Waals surface area contributed by atoms with Gasteiger partial charge in [-0.1, -0.05) is 44.2 Å². The van der Waals surface area contributed by atoms with Crippen molar-refractivity contribution in [1.29, 1.82) is 0 Å². The average Bonchev–Trinajstić information content (AvgIpc) is 3.82. The maximum Gasteiger partial charge on any atom is 0.253 e. The molecule has 6 aromatic rings. The van der Waals surface area contributed by atoms with E-state index < -0.39 is 0 Å². The molecular weight excluding hydrogens is 625 g/mol. The van der Waals surface area contributed by atoms with Gasteiger partial charge in [-0.25, -0.2) is 19.5 Å². The van der Waals surface area contributed by atoms with Crippen LogP contribution in [0.5, 0.6) is 5.75 Å². The van der Waals surface area contributed by atoms with Crippen molar-refractivity contribution < 1.29 is 14.3 Å². The summed E-state index contributed by atoms with van der Waals surface area (Å²) < 4.78 is 13.6. The fourth-order valence-electron chi connectivity index (χ4n) is 4.93. The van der Waals surface area contributed by atoms with Gasteiger partial charge in [0.05, 0.1) is 41.9 Å². The molecule has 0 bridgehead atoms. The number of thiazole rings is 2. The summed E-state index contributed by atoms with van der Waals surface area (Å²) in [7, 11) is 5.18. The molecule has 1 amide bonds. The van der Waals surface area contributed by atoms with Gasteiger partial charge in [-0.3, -0.25) is 4.79 Å². The molecule has 1 atom stereocenters. The molecule has 6 rings (SSSR count). The number of carbonyl (C=O) groups is 1. The Balaban J connectivity index is 0.000000179. The average molecular weight is 663 g/mol. The van der Waals surface area contributed by atoms with Crippen molar-refractivity contribution in [2.45, 2.75) is 47.1 Å². The van der Waals surface area contributed by atoms with Gasteiger partial charge in [0.1, 0.15) is 26.5 Å². The summed E-state index contributed by atoms with van der Waals surface area (Å²) in [5.41, 5.74) is 5.84. The summed E-state index contributed by atoms with van der Waals surface area (Å²) in [6, 6.07) is 11.8. The highest BCUT2D eigenvalue weighted by Gasteiger charge is 2.24. The number of carbonyl (C=O) groups excluding carboxylic acids is 1. The van der Waals surface area contributed by atoms with E-state index in [0.717, 1.165) is 54.6 Å². The highest BCUT2D eigenvalue weighted by atomic mass is 32.1. The van der Waals surface area contributed by atoms with E-state index in [2.05, 4.69) is 53.1 Å². The van der Waals surface area contributed by atoms with Crippen molar-refractivity contribution in [2.75, 3.05) is 27.9 Å². The topological polar surface area (TPSA) is 94.7 Å². The highest BCUT2D eigenvalue weighted by molar-refractivity contribution is 7.22. The van der Waals surface area contributed by atoms with Crippen LogP contribution in [0.3, 0.4) is 0 Å². The highest BCUT2D eigenvalue weighted by Crippen LogP contribution is 2.34. The summed E-state index contributed by atoms with van der Waals surface area (Å²) in [5, 5.41) is 9.39. The van der Waals surface area contributed by atoms with Crippen molar-refractivity contribution in [3.05, 3.63) is 69.8 Å². The lowest BCUT2D eigenvalue weighted by atomic mass is 10.0. The Hall–Kier alpha value is -3.71. The van der Waals surface area contributed by atoms with Gasteiger partial charge in [0.25, 0.3) is 5.91 Å². The molecule has 9 nitrogen and oxygen atoms in total. The lowest BCUT2D eigenvalue weighted by Crippen LogP contribution is -2.43. The Morgan fingerprint density at radius 3 is 2.40 bits per heavy atom. The molecule has 0 unspecified atom stereocenters. The number of ether oxygens (including phenoxy) is 2. The number of methoxy groups -OCH3 is 2. The first-order chi connectivity index (χ1) is 21.6. The first kappa shape index (κ1) is 32.7. The first-order valence-electron chi connectivity index (χ1n) is 14.7. The third-order valence-corrected chi connectivity index (χ3v) is 10.5. The van der Waals surface area contributed by atoms with Crippen LogP contribution in [0.15, 0.2) is 48.0 Å². The molecular formula is C33H38N6O3S3. The van der Waals surface area contributed by atoms with Crippen LogP contribution in [0.1, 0.15) is 47.4 Å². The molecule has 0 spiro atoms. The van der Waals surface area contributed by atoms with Crippen LogP contribution in [0.4, 0.5) is 0 Å². The van der Waals surface area contributed by atoms with Gasteiger partial charge in [-0.2, -0.15) is 5.10 Å². The van der Waals surface area contributed by atoms with Gasteiger partial charge in [0.2, 0.25) is 4.96 Å². The van der Waals surface area contributed by atoms with Crippen molar-refractivity contribution in [3.63, 3.8) is 0 Å². The Kier molecular flexibility index (Phi) is 10.3. The maximum absolute atomic E-state index is 12.7. The summed E-state index contributed by atoms with van der Waals surface area (Å²) in [5.74, 6) is 1.19. The van der Waals surface area contributed by atoms with Crippen molar-refractivity contribution in [1.82, 2.24) is 29.5 Å². The molecule has 0 N–H and O–H groups in total. The zero-order valence-electron chi connectivity index (χ0n) is 26.8. The summed E-state index contributed by atoms with van der Waals surface area (Å²) in [6.07, 6.45) is 2.87. The Morgan fingerprint density at radius 2 is 1.78 bits per heavy atom. The molecule has 0 aliphatic heterocycles. The normalized spacial score (nSPS) is 12.0. The molecule has 0 fully saturated rings. The van der Waals surface area contributed by atoms with Gasteiger partial charge in [-0.05, 0) is 49.9 Å². The number of nitrogens with zero attached hydrogens (tertiary/aromatic N) is 6. The first-order valence-corrected chi connectivity index (χ1v) is 17.2. The van der Waals surface area contributed by atoms with Crippen LogP contribution in [-0.4, -0.2) is 69.3 Å². The number of aryl methyl sites for hydroxylation is 3. The zero-order valence-corrected chi connectivity index (χ0v) is 29.3. The minimum Gasteiger partial charge on any atom is -0.497 e. The Labute approximate surface area is 275 Å². The second kappa shape index (κ2) is 14.2. The molecule has 4 heterocycles. The second-order valence-electron chi connectivity index (χ2n) is 11.0. The third kappa shape index (κ3) is 7.25. The number of benzene rings is 2. The molecule has 2 aromatic carbocycles. The van der Waals surface area contributed by atoms with Crippen LogP contribution in [0.25, 0.3) is 36.5 Å². The van der Waals surface area contributed by atoms with Gasteiger partial charge in [0.15, 0.2) is 0 Å². The fourth-order valence-corrected chi connectivity index (χ4v) is 7.53. The predicted octanol–water partition coefficient (Wildman–Crippen LogP) is 7.81. The molecule has 0 aliphatic rings. The van der Waals surface area contributed by atoms with Crippen molar-refractivity contribution in [2.24, 2.45) is 5.92 Å². The molecule has 236 valence electrons. The van der Waals surface area contributed by atoms with E-state index in [1.807, 2.05) is 61.1 Å². The lowest BCUT2D eigenvalue weighted by Gasteiger charge is -2.30. The van der Waals surface area contributed by atoms with E-state index in [1.165, 1.54) is 10.3 Å². The molecule has 0 saturated heterocycles. The molecule has 0 radical (unpaired) electrons. The SMILES string of the molecule is CCc1csc(-c2ccc(C(=O)N(C)[C@@H](COC)C(C)C)cc2)n1.COc1cc(C)c2sc(-c3cn4nc(C)sc4n3)nc2c1. The van der Waals surface area contributed by atoms with Gasteiger partial charge < -0.3 is 14.4 Å². The molecule has 12 heteroatoms. The molecule has 4 aromatic heterocycles. The zero-order chi connectivity index (χ0) is 32.2. The van der Waals surface area contributed by atoms with E-state index in [0.29, 0.717) is 18.1 Å². The van der Waals surface area contributed by atoms with E-state index in [4.69, 9.17) is 9.47 Å². The van der Waals surface area contributed by atoms with Crippen LogP contribution in [0.2, 0.25) is 0 Å². The summed E-state index contributed by atoms with van der Waals surface area (Å²) in [6.45, 7) is 10.9. The number of fused-ring (bicyclic) bond motifs is 2. The van der Waals surface area contributed by atoms with Crippen LogP contribution in [-0.2, 0) is 11.2 Å². The molecule has 0 saturated carbocycles. The lowest BCUT2D eigenvalue weighted by molar-refractivity contribution is 0.0512. The number of hydrogen-bond acceptors (Lipinski definition) is 10. The minimum atomic E-state index is 0.0192. The maximum atomic E-state index is 12.7. The van der Waals surface area contributed by atoms with Crippen molar-refractivity contribution in [3.8, 4) is 27.0 Å². The number of amides is 1. The van der Waals surface area contributed by atoms with Gasteiger partial charge >= 0.3 is 0 Å². The van der Waals surface area contributed by atoms with Gasteiger partial charge in [0, 0.05) is 36.7 Å². The number of aromatic nitrogens is 5. The molecule has 0 aliphatic carbocycles. The fraction of sp³-hybridized carbons (Fsp3) is 0.364.